The Bertz CT molecular complexity index is 662. The highest BCUT2D eigenvalue weighted by Crippen LogP contribution is 2.21. The van der Waals surface area contributed by atoms with Crippen LogP contribution < -0.4 is 0 Å². The molecule has 0 aliphatic rings. The van der Waals surface area contributed by atoms with Crippen LogP contribution in [0.2, 0.25) is 0 Å². The maximum absolute atomic E-state index is 12.1. The molecule has 2 heterocycles. The van der Waals surface area contributed by atoms with Crippen LogP contribution in [0.25, 0.3) is 0 Å². The van der Waals surface area contributed by atoms with E-state index in [-0.39, 0.29) is 24.7 Å². The summed E-state index contributed by atoms with van der Waals surface area (Å²) in [7, 11) is 1.62. The van der Waals surface area contributed by atoms with E-state index in [1.807, 2.05) is 0 Å². The average Bonchev–Trinajstić information content (AvgIpc) is 2.98. The van der Waals surface area contributed by atoms with Crippen molar-refractivity contribution in [2.24, 2.45) is 0 Å². The van der Waals surface area contributed by atoms with Gasteiger partial charge in [-0.3, -0.25) is 24.7 Å². The Labute approximate surface area is 119 Å². The van der Waals surface area contributed by atoms with E-state index < -0.39 is 4.92 Å². The number of amides is 1. The molecule has 0 bridgehead atoms. The van der Waals surface area contributed by atoms with E-state index in [1.54, 1.807) is 20.9 Å². The smallest absolute Gasteiger partial charge is 0.312 e. The summed E-state index contributed by atoms with van der Waals surface area (Å²) in [5, 5.41) is 21.3. The minimum atomic E-state index is -0.489. The number of rotatable bonds is 5. The first-order valence-corrected chi connectivity index (χ1v) is 6.16. The molecule has 21 heavy (non-hydrogen) atoms. The topological polar surface area (TPSA) is 123 Å². The molecule has 0 fully saturated rings. The lowest BCUT2D eigenvalue weighted by atomic mass is 10.3. The minimum Gasteiger partial charge on any atom is -0.337 e. The largest absolute Gasteiger partial charge is 0.337 e. The summed E-state index contributed by atoms with van der Waals surface area (Å²) in [4.78, 5) is 27.9. The van der Waals surface area contributed by atoms with Crippen LogP contribution in [0.15, 0.2) is 6.33 Å². The van der Waals surface area contributed by atoms with Crippen molar-refractivity contribution < 1.29 is 9.72 Å². The number of likely N-dealkylation sites (N-methyl/N-ethyl adjacent to an activating group) is 1. The Kier molecular flexibility index (Phi) is 3.96. The average molecular weight is 293 g/mol. The fourth-order valence-corrected chi connectivity index (χ4v) is 1.97. The van der Waals surface area contributed by atoms with Crippen molar-refractivity contribution in [2.45, 2.75) is 26.9 Å². The number of H-pyrrole nitrogens is 1. The van der Waals surface area contributed by atoms with Crippen molar-refractivity contribution in [3.63, 3.8) is 0 Å². The molecular formula is C11H15N7O3. The van der Waals surface area contributed by atoms with Crippen LogP contribution in [0.3, 0.4) is 0 Å². The Hall–Kier alpha value is -2.78. The van der Waals surface area contributed by atoms with Gasteiger partial charge in [0.1, 0.15) is 30.1 Å². The summed E-state index contributed by atoms with van der Waals surface area (Å²) in [5.74, 6) is 0.331. The highest BCUT2D eigenvalue weighted by Gasteiger charge is 2.23. The molecule has 0 unspecified atom stereocenters. The maximum atomic E-state index is 12.1. The van der Waals surface area contributed by atoms with Crippen LogP contribution in [0.4, 0.5) is 5.69 Å². The molecule has 10 heteroatoms. The predicted molar refractivity (Wildman–Crippen MR) is 71.2 cm³/mol. The van der Waals surface area contributed by atoms with E-state index >= 15 is 0 Å². The van der Waals surface area contributed by atoms with Crippen molar-refractivity contribution in [3.05, 3.63) is 33.7 Å². The van der Waals surface area contributed by atoms with Crippen LogP contribution in [0.1, 0.15) is 17.2 Å². The molecule has 1 N–H and O–H groups in total. The van der Waals surface area contributed by atoms with E-state index in [0.29, 0.717) is 17.2 Å². The molecule has 0 saturated carbocycles. The highest BCUT2D eigenvalue weighted by molar-refractivity contribution is 5.75. The van der Waals surface area contributed by atoms with Gasteiger partial charge in [0.05, 0.1) is 11.5 Å². The lowest BCUT2D eigenvalue weighted by Gasteiger charge is -2.15. The lowest BCUT2D eigenvalue weighted by molar-refractivity contribution is -0.386. The molecule has 112 valence electrons. The second kappa shape index (κ2) is 5.69. The predicted octanol–water partition coefficient (Wildman–Crippen LogP) is 0.185. The quantitative estimate of drug-likeness (QED) is 0.620. The van der Waals surface area contributed by atoms with Gasteiger partial charge in [-0.05, 0) is 13.8 Å². The lowest BCUT2D eigenvalue weighted by Crippen LogP contribution is -2.30. The Morgan fingerprint density at radius 1 is 1.52 bits per heavy atom. The van der Waals surface area contributed by atoms with Crippen molar-refractivity contribution in [2.75, 3.05) is 7.05 Å². The second-order valence-electron chi connectivity index (χ2n) is 4.62. The van der Waals surface area contributed by atoms with E-state index in [9.17, 15) is 14.9 Å². The number of aromatic amines is 1. The molecule has 0 aliphatic heterocycles. The molecule has 0 atom stereocenters. The number of carbonyl (C=O) groups is 1. The first-order valence-electron chi connectivity index (χ1n) is 6.16. The summed E-state index contributed by atoms with van der Waals surface area (Å²) >= 11 is 0. The molecule has 2 rings (SSSR count). The van der Waals surface area contributed by atoms with E-state index in [0.717, 1.165) is 0 Å². The Morgan fingerprint density at radius 2 is 2.24 bits per heavy atom. The van der Waals surface area contributed by atoms with Gasteiger partial charge in [0, 0.05) is 7.05 Å². The number of carbonyl (C=O) groups excluding carboxylic acids is 1. The van der Waals surface area contributed by atoms with Crippen LogP contribution >= 0.6 is 0 Å². The number of nitro groups is 1. The third-order valence-electron chi connectivity index (χ3n) is 3.09. The van der Waals surface area contributed by atoms with Crippen molar-refractivity contribution in [3.8, 4) is 0 Å². The zero-order valence-corrected chi connectivity index (χ0v) is 11.9. The summed E-state index contributed by atoms with van der Waals surface area (Å²) in [5.41, 5.74) is 0.600. The Balaban J connectivity index is 2.09. The number of nitrogens with one attached hydrogen (secondary N) is 1. The molecule has 2 aromatic rings. The summed E-state index contributed by atoms with van der Waals surface area (Å²) in [6, 6.07) is 0. The summed E-state index contributed by atoms with van der Waals surface area (Å²) in [6.45, 7) is 3.33. The fraction of sp³-hybridized carbons (Fsp3) is 0.455. The van der Waals surface area contributed by atoms with E-state index in [2.05, 4.69) is 20.3 Å². The summed E-state index contributed by atoms with van der Waals surface area (Å²) in [6.07, 6.45) is 1.36. The standard InChI is InChI=1S/C11H15N7O3/c1-7-11(18(20)21)8(2)17(15-7)5-10(19)16(3)4-9-12-6-13-14-9/h6H,4-5H2,1-3H3,(H,12,13,14). The molecular weight excluding hydrogens is 278 g/mol. The minimum absolute atomic E-state index is 0.0549. The second-order valence-corrected chi connectivity index (χ2v) is 4.62. The van der Waals surface area contributed by atoms with Gasteiger partial charge in [-0.25, -0.2) is 4.98 Å². The summed E-state index contributed by atoms with van der Waals surface area (Å²) < 4.78 is 1.34. The van der Waals surface area contributed by atoms with Crippen LogP contribution in [-0.2, 0) is 17.9 Å². The molecule has 1 amide bonds. The third kappa shape index (κ3) is 3.04. The first-order chi connectivity index (χ1) is 9.90. The van der Waals surface area contributed by atoms with Gasteiger partial charge in [-0.15, -0.1) is 0 Å². The molecule has 2 aromatic heterocycles. The van der Waals surface area contributed by atoms with Crippen LogP contribution in [0, 0.1) is 24.0 Å². The van der Waals surface area contributed by atoms with Crippen molar-refractivity contribution >= 4 is 11.6 Å². The molecule has 10 nitrogen and oxygen atoms in total. The number of hydrogen-bond acceptors (Lipinski definition) is 6. The zero-order valence-electron chi connectivity index (χ0n) is 11.9. The van der Waals surface area contributed by atoms with Gasteiger partial charge in [-0.2, -0.15) is 10.2 Å². The van der Waals surface area contributed by atoms with Gasteiger partial charge in [-0.1, -0.05) is 0 Å². The van der Waals surface area contributed by atoms with Crippen LogP contribution in [-0.4, -0.2) is 47.7 Å². The van der Waals surface area contributed by atoms with E-state index in [4.69, 9.17) is 0 Å². The SMILES string of the molecule is Cc1nn(CC(=O)N(C)Cc2ncn[nH]2)c(C)c1[N+](=O)[O-]. The highest BCUT2D eigenvalue weighted by atomic mass is 16.6. The maximum Gasteiger partial charge on any atom is 0.312 e. The molecule has 0 radical (unpaired) electrons. The monoisotopic (exact) mass is 293 g/mol. The zero-order chi connectivity index (χ0) is 15.6. The van der Waals surface area contributed by atoms with Gasteiger partial charge in [0.2, 0.25) is 5.91 Å². The number of hydrogen-bond donors (Lipinski definition) is 1. The van der Waals surface area contributed by atoms with Gasteiger partial charge >= 0.3 is 5.69 Å². The van der Waals surface area contributed by atoms with Gasteiger partial charge < -0.3 is 4.90 Å². The van der Waals surface area contributed by atoms with Gasteiger partial charge in [0.25, 0.3) is 0 Å². The van der Waals surface area contributed by atoms with Crippen LogP contribution in [0.5, 0.6) is 0 Å². The van der Waals surface area contributed by atoms with E-state index in [1.165, 1.54) is 15.9 Å². The first kappa shape index (κ1) is 14.6. The number of nitrogens with zero attached hydrogens (tertiary/aromatic N) is 6. The molecule has 0 aliphatic carbocycles. The van der Waals surface area contributed by atoms with Crippen molar-refractivity contribution in [1.82, 2.24) is 29.9 Å². The van der Waals surface area contributed by atoms with Gasteiger partial charge in [0.15, 0.2) is 0 Å². The number of aromatic nitrogens is 5. The molecule has 0 spiro atoms. The Morgan fingerprint density at radius 3 is 2.76 bits per heavy atom. The fourth-order valence-electron chi connectivity index (χ4n) is 1.97. The van der Waals surface area contributed by atoms with Crippen molar-refractivity contribution in [1.29, 1.82) is 0 Å². The third-order valence-corrected chi connectivity index (χ3v) is 3.09. The molecule has 0 aromatic carbocycles. The molecule has 0 saturated heterocycles. The normalized spacial score (nSPS) is 10.6. The number of aryl methyl sites for hydroxylation is 1.